The van der Waals surface area contributed by atoms with Crippen LogP contribution in [-0.2, 0) is 9.47 Å². The second-order valence-corrected chi connectivity index (χ2v) is 3.73. The number of nitrogens with one attached hydrogen (secondary N) is 1. The Morgan fingerprint density at radius 1 is 1.33 bits per heavy atom. The summed E-state index contributed by atoms with van der Waals surface area (Å²) < 4.78 is 35.7. The van der Waals surface area contributed by atoms with Crippen LogP contribution >= 0.6 is 0 Å². The molecule has 0 saturated heterocycles. The van der Waals surface area contributed by atoms with Gasteiger partial charge in [0.1, 0.15) is 11.6 Å². The highest BCUT2D eigenvalue weighted by Gasteiger charge is 2.07. The topological polar surface area (TPSA) is 50.7 Å². The monoisotopic (exact) mass is 261 g/mol. The lowest BCUT2D eigenvalue weighted by Crippen LogP contribution is -2.25. The minimum atomic E-state index is -0.772. The van der Waals surface area contributed by atoms with Crippen molar-refractivity contribution in [2.75, 3.05) is 38.8 Å². The Morgan fingerprint density at radius 3 is 2.78 bits per heavy atom. The van der Waals surface area contributed by atoms with Gasteiger partial charge in [-0.15, -0.1) is 0 Å². The molecule has 102 valence electrons. The standard InChI is InChI=1S/C12H17F2NO3/c1-17-4-5-18-8-10(16)7-15-12-3-2-9(13)6-11(12)14/h2-3,6,10,15-16H,4-5,7-8H2,1H3. The number of aliphatic hydroxyl groups is 1. The molecule has 1 atom stereocenters. The molecule has 0 spiro atoms. The highest BCUT2D eigenvalue weighted by atomic mass is 19.1. The molecule has 0 aliphatic heterocycles. The van der Waals surface area contributed by atoms with Gasteiger partial charge in [-0.2, -0.15) is 0 Å². The fourth-order valence-corrected chi connectivity index (χ4v) is 1.28. The van der Waals surface area contributed by atoms with E-state index < -0.39 is 17.7 Å². The van der Waals surface area contributed by atoms with E-state index in [0.717, 1.165) is 12.1 Å². The Balaban J connectivity index is 2.27. The van der Waals surface area contributed by atoms with Crippen LogP contribution in [0.25, 0.3) is 0 Å². The summed E-state index contributed by atoms with van der Waals surface area (Å²) in [5.74, 6) is -1.33. The van der Waals surface area contributed by atoms with E-state index in [1.807, 2.05) is 0 Å². The first-order valence-corrected chi connectivity index (χ1v) is 5.57. The van der Waals surface area contributed by atoms with E-state index in [1.165, 1.54) is 6.07 Å². The molecule has 1 rings (SSSR count). The first kappa shape index (κ1) is 14.8. The van der Waals surface area contributed by atoms with Gasteiger partial charge in [-0.3, -0.25) is 0 Å². The van der Waals surface area contributed by atoms with Crippen molar-refractivity contribution in [3.8, 4) is 0 Å². The summed E-state index contributed by atoms with van der Waals surface area (Å²) in [7, 11) is 1.55. The molecule has 0 bridgehead atoms. The zero-order chi connectivity index (χ0) is 13.4. The van der Waals surface area contributed by atoms with E-state index in [1.54, 1.807) is 7.11 Å². The van der Waals surface area contributed by atoms with Crippen molar-refractivity contribution >= 4 is 5.69 Å². The highest BCUT2D eigenvalue weighted by Crippen LogP contribution is 2.14. The third kappa shape index (κ3) is 5.39. The number of hydrogen-bond donors (Lipinski definition) is 2. The van der Waals surface area contributed by atoms with Crippen molar-refractivity contribution in [3.05, 3.63) is 29.8 Å². The average molecular weight is 261 g/mol. The molecule has 0 aromatic heterocycles. The van der Waals surface area contributed by atoms with E-state index in [9.17, 15) is 13.9 Å². The molecule has 0 saturated carbocycles. The number of ether oxygens (including phenoxy) is 2. The van der Waals surface area contributed by atoms with Crippen LogP contribution in [0.5, 0.6) is 0 Å². The number of rotatable bonds is 8. The normalized spacial score (nSPS) is 12.4. The number of anilines is 1. The van der Waals surface area contributed by atoms with Gasteiger partial charge in [-0.1, -0.05) is 0 Å². The molecular formula is C12H17F2NO3. The Hall–Kier alpha value is -1.24. The van der Waals surface area contributed by atoms with E-state index in [2.05, 4.69) is 5.32 Å². The van der Waals surface area contributed by atoms with Crippen molar-refractivity contribution in [1.29, 1.82) is 0 Å². The predicted octanol–water partition coefficient (Wildman–Crippen LogP) is 1.40. The lowest BCUT2D eigenvalue weighted by molar-refractivity contribution is 0.0182. The van der Waals surface area contributed by atoms with Gasteiger partial charge >= 0.3 is 0 Å². The number of aliphatic hydroxyl groups excluding tert-OH is 1. The molecule has 0 aliphatic carbocycles. The molecule has 1 unspecified atom stereocenters. The first-order chi connectivity index (χ1) is 8.63. The maximum atomic E-state index is 13.2. The Kier molecular flexibility index (Phi) is 6.56. The van der Waals surface area contributed by atoms with Crippen molar-refractivity contribution in [2.24, 2.45) is 0 Å². The molecule has 1 aromatic rings. The van der Waals surface area contributed by atoms with Gasteiger partial charge in [0, 0.05) is 19.7 Å². The molecule has 0 heterocycles. The molecule has 0 fully saturated rings. The number of hydrogen-bond acceptors (Lipinski definition) is 4. The van der Waals surface area contributed by atoms with Gasteiger partial charge in [-0.05, 0) is 12.1 Å². The van der Waals surface area contributed by atoms with Crippen LogP contribution in [0.4, 0.5) is 14.5 Å². The fourth-order valence-electron chi connectivity index (χ4n) is 1.28. The van der Waals surface area contributed by atoms with Crippen LogP contribution in [0.2, 0.25) is 0 Å². The van der Waals surface area contributed by atoms with E-state index in [-0.39, 0.29) is 18.8 Å². The SMILES string of the molecule is COCCOCC(O)CNc1ccc(F)cc1F. The fraction of sp³-hybridized carbons (Fsp3) is 0.500. The first-order valence-electron chi connectivity index (χ1n) is 5.57. The van der Waals surface area contributed by atoms with Gasteiger partial charge in [0.15, 0.2) is 0 Å². The molecule has 1 aromatic carbocycles. The lowest BCUT2D eigenvalue weighted by Gasteiger charge is -2.13. The van der Waals surface area contributed by atoms with Crippen molar-refractivity contribution in [1.82, 2.24) is 0 Å². The third-order valence-corrected chi connectivity index (χ3v) is 2.20. The minimum absolute atomic E-state index is 0.121. The molecule has 18 heavy (non-hydrogen) atoms. The van der Waals surface area contributed by atoms with Gasteiger partial charge in [-0.25, -0.2) is 8.78 Å². The van der Waals surface area contributed by atoms with Crippen molar-refractivity contribution < 1.29 is 23.4 Å². The zero-order valence-corrected chi connectivity index (χ0v) is 10.2. The van der Waals surface area contributed by atoms with Crippen molar-refractivity contribution in [2.45, 2.75) is 6.10 Å². The smallest absolute Gasteiger partial charge is 0.149 e. The minimum Gasteiger partial charge on any atom is -0.389 e. The van der Waals surface area contributed by atoms with E-state index in [4.69, 9.17) is 9.47 Å². The summed E-state index contributed by atoms with van der Waals surface area (Å²) in [5, 5.41) is 12.2. The summed E-state index contributed by atoms with van der Waals surface area (Å²) in [4.78, 5) is 0. The summed E-state index contributed by atoms with van der Waals surface area (Å²) in [6, 6.07) is 3.21. The van der Waals surface area contributed by atoms with Gasteiger partial charge in [0.2, 0.25) is 0 Å². The van der Waals surface area contributed by atoms with Crippen LogP contribution in [0, 0.1) is 11.6 Å². The van der Waals surface area contributed by atoms with Crippen LogP contribution in [-0.4, -0.2) is 44.7 Å². The van der Waals surface area contributed by atoms with Crippen LogP contribution in [0.3, 0.4) is 0 Å². The number of benzene rings is 1. The molecule has 2 N–H and O–H groups in total. The molecule has 4 nitrogen and oxygen atoms in total. The summed E-state index contributed by atoms with van der Waals surface area (Å²) >= 11 is 0. The molecule has 0 radical (unpaired) electrons. The van der Waals surface area contributed by atoms with E-state index >= 15 is 0 Å². The number of methoxy groups -OCH3 is 1. The summed E-state index contributed by atoms with van der Waals surface area (Å²) in [5.41, 5.74) is 0.146. The maximum absolute atomic E-state index is 13.2. The second kappa shape index (κ2) is 7.97. The Labute approximate surface area is 105 Å². The zero-order valence-electron chi connectivity index (χ0n) is 10.2. The molecule has 0 amide bonds. The lowest BCUT2D eigenvalue weighted by atomic mass is 10.3. The van der Waals surface area contributed by atoms with Crippen LogP contribution in [0.15, 0.2) is 18.2 Å². The van der Waals surface area contributed by atoms with Crippen molar-refractivity contribution in [3.63, 3.8) is 0 Å². The largest absolute Gasteiger partial charge is 0.389 e. The highest BCUT2D eigenvalue weighted by molar-refractivity contribution is 5.44. The second-order valence-electron chi connectivity index (χ2n) is 3.73. The average Bonchev–Trinajstić information content (AvgIpc) is 2.33. The molecule has 0 aliphatic rings. The third-order valence-electron chi connectivity index (χ3n) is 2.20. The Bertz CT molecular complexity index is 363. The predicted molar refractivity (Wildman–Crippen MR) is 63.5 cm³/mol. The van der Waals surface area contributed by atoms with Crippen LogP contribution < -0.4 is 5.32 Å². The van der Waals surface area contributed by atoms with Gasteiger partial charge in [0.05, 0.1) is 31.6 Å². The van der Waals surface area contributed by atoms with Crippen LogP contribution in [0.1, 0.15) is 0 Å². The summed E-state index contributed by atoms with van der Waals surface area (Å²) in [6.07, 6.45) is -0.772. The Morgan fingerprint density at radius 2 is 2.11 bits per heavy atom. The van der Waals surface area contributed by atoms with Gasteiger partial charge < -0.3 is 19.9 Å². The maximum Gasteiger partial charge on any atom is 0.149 e. The van der Waals surface area contributed by atoms with Gasteiger partial charge in [0.25, 0.3) is 0 Å². The quantitative estimate of drug-likeness (QED) is 0.695. The van der Waals surface area contributed by atoms with E-state index in [0.29, 0.717) is 13.2 Å². The summed E-state index contributed by atoms with van der Waals surface area (Å²) in [6.45, 7) is 1.08. The molecule has 6 heteroatoms. The molecular weight excluding hydrogens is 244 g/mol. The number of halogens is 2.